The van der Waals surface area contributed by atoms with E-state index < -0.39 is 25.4 Å². The molecule has 0 saturated carbocycles. The maximum absolute atomic E-state index is 9.85. The summed E-state index contributed by atoms with van der Waals surface area (Å²) in [4.78, 5) is 3.95. The van der Waals surface area contributed by atoms with Gasteiger partial charge in [-0.2, -0.15) is 0 Å². The van der Waals surface area contributed by atoms with E-state index in [9.17, 15) is 5.11 Å². The van der Waals surface area contributed by atoms with Crippen LogP contribution in [0.1, 0.15) is 5.56 Å². The van der Waals surface area contributed by atoms with Crippen LogP contribution in [0, 0.1) is 0 Å². The number of halogens is 1. The Morgan fingerprint density at radius 3 is 2.32 bits per heavy atom. The molecule has 0 bridgehead atoms. The molecule has 0 unspecified atom stereocenters. The van der Waals surface area contributed by atoms with Gasteiger partial charge in [0.15, 0.2) is 0 Å². The molecule has 0 saturated heterocycles. The van der Waals surface area contributed by atoms with Crippen molar-refractivity contribution in [2.24, 2.45) is 4.99 Å². The normalized spacial score (nSPS) is 12.1. The molecule has 0 fully saturated rings. The van der Waals surface area contributed by atoms with Gasteiger partial charge in [0.25, 0.3) is 0 Å². The smallest absolute Gasteiger partial charge is 0.138 e. The molecule has 0 spiro atoms. The van der Waals surface area contributed by atoms with Crippen molar-refractivity contribution in [3.8, 4) is 11.5 Å². The van der Waals surface area contributed by atoms with E-state index in [-0.39, 0.29) is 5.75 Å². The van der Waals surface area contributed by atoms with E-state index >= 15 is 0 Å². The van der Waals surface area contributed by atoms with Crippen molar-refractivity contribution in [2.45, 2.75) is 5.54 Å². The third-order valence-corrected chi connectivity index (χ3v) is 3.27. The molecule has 6 nitrogen and oxygen atoms in total. The highest BCUT2D eigenvalue weighted by molar-refractivity contribution is 9.10. The number of rotatable bonds is 6. The fraction of sp³-hybridized carbons (Fsp3) is 0.417. The fourth-order valence-corrected chi connectivity index (χ4v) is 1.74. The average Bonchev–Trinajstić information content (AvgIpc) is 2.45. The molecule has 19 heavy (non-hydrogen) atoms. The van der Waals surface area contributed by atoms with Crippen LogP contribution in [0.2, 0.25) is 0 Å². The third kappa shape index (κ3) is 3.66. The van der Waals surface area contributed by atoms with Crippen molar-refractivity contribution in [3.63, 3.8) is 0 Å². The summed E-state index contributed by atoms with van der Waals surface area (Å²) in [6.45, 7) is -1.53. The Kier molecular flexibility index (Phi) is 5.74. The number of aliphatic hydroxyl groups is 3. The number of methoxy groups -OCH3 is 1. The zero-order valence-corrected chi connectivity index (χ0v) is 12.0. The summed E-state index contributed by atoms with van der Waals surface area (Å²) in [7, 11) is 1.49. The van der Waals surface area contributed by atoms with Gasteiger partial charge >= 0.3 is 0 Å². The van der Waals surface area contributed by atoms with E-state index in [1.165, 1.54) is 13.3 Å². The first-order chi connectivity index (χ1) is 9.01. The van der Waals surface area contributed by atoms with Gasteiger partial charge in [-0.1, -0.05) is 0 Å². The van der Waals surface area contributed by atoms with Crippen LogP contribution >= 0.6 is 15.9 Å². The Hall–Kier alpha value is -1.15. The summed E-state index contributed by atoms with van der Waals surface area (Å²) in [5.74, 6) is 0.459. The zero-order valence-electron chi connectivity index (χ0n) is 10.4. The highest BCUT2D eigenvalue weighted by atomic mass is 79.9. The van der Waals surface area contributed by atoms with Gasteiger partial charge in [-0.25, -0.2) is 0 Å². The van der Waals surface area contributed by atoms with Crippen molar-refractivity contribution in [1.29, 1.82) is 0 Å². The van der Waals surface area contributed by atoms with Gasteiger partial charge in [0, 0.05) is 11.8 Å². The van der Waals surface area contributed by atoms with Gasteiger partial charge in [0.1, 0.15) is 17.0 Å². The highest BCUT2D eigenvalue weighted by Crippen LogP contribution is 2.31. The molecule has 0 aromatic heterocycles. The minimum Gasteiger partial charge on any atom is -0.506 e. The fourth-order valence-electron chi connectivity index (χ4n) is 1.29. The van der Waals surface area contributed by atoms with Gasteiger partial charge < -0.3 is 25.2 Å². The molecule has 1 aromatic carbocycles. The SMILES string of the molecule is COc1cc(Br)c(O)c(C=NC(CO)(CO)CO)c1. The van der Waals surface area contributed by atoms with Crippen molar-refractivity contribution in [1.82, 2.24) is 0 Å². The monoisotopic (exact) mass is 333 g/mol. The maximum Gasteiger partial charge on any atom is 0.138 e. The Morgan fingerprint density at radius 2 is 1.84 bits per heavy atom. The number of hydrogen-bond donors (Lipinski definition) is 4. The molecular formula is C12H16BrNO5. The number of phenolic OH excluding ortho intramolecular Hbond substituents is 1. The summed E-state index contributed by atoms with van der Waals surface area (Å²) < 4.78 is 5.48. The molecule has 0 radical (unpaired) electrons. The van der Waals surface area contributed by atoms with Crippen molar-refractivity contribution < 1.29 is 25.2 Å². The predicted octanol–water partition coefficient (Wildman–Crippen LogP) is 0.298. The lowest BCUT2D eigenvalue weighted by molar-refractivity contribution is 0.0718. The molecule has 1 aromatic rings. The Balaban J connectivity index is 3.14. The summed E-state index contributed by atoms with van der Waals surface area (Å²) in [6.07, 6.45) is 1.27. The minimum atomic E-state index is -1.37. The number of nitrogens with zero attached hydrogens (tertiary/aromatic N) is 1. The Bertz CT molecular complexity index is 451. The number of aromatic hydroxyl groups is 1. The standard InChI is InChI=1S/C12H16BrNO5/c1-19-9-2-8(11(18)10(13)3-9)4-14-12(5-15,6-16)7-17/h2-4,15-18H,5-7H2,1H3. The van der Waals surface area contributed by atoms with Gasteiger partial charge in [-0.15, -0.1) is 0 Å². The average molecular weight is 334 g/mol. The topological polar surface area (TPSA) is 103 Å². The molecule has 0 atom stereocenters. The number of aliphatic imine (C=N–C) groups is 1. The van der Waals surface area contributed by atoms with Gasteiger partial charge in [0.2, 0.25) is 0 Å². The number of aliphatic hydroxyl groups excluding tert-OH is 3. The largest absolute Gasteiger partial charge is 0.506 e. The maximum atomic E-state index is 9.85. The van der Waals surface area contributed by atoms with Gasteiger partial charge in [0.05, 0.1) is 31.4 Å². The molecule has 0 heterocycles. The van der Waals surface area contributed by atoms with Crippen molar-refractivity contribution in [2.75, 3.05) is 26.9 Å². The molecule has 0 aliphatic heterocycles. The molecule has 1 rings (SSSR count). The summed E-state index contributed by atoms with van der Waals surface area (Å²) >= 11 is 3.17. The molecule has 0 amide bonds. The number of phenols is 1. The van der Waals surface area contributed by atoms with Gasteiger partial charge in [-0.05, 0) is 28.1 Å². The van der Waals surface area contributed by atoms with Crippen LogP contribution in [0.3, 0.4) is 0 Å². The van der Waals surface area contributed by atoms with Gasteiger partial charge in [-0.3, -0.25) is 4.99 Å². The van der Waals surface area contributed by atoms with E-state index in [0.717, 1.165) is 0 Å². The predicted molar refractivity (Wildman–Crippen MR) is 73.9 cm³/mol. The van der Waals surface area contributed by atoms with Crippen LogP contribution < -0.4 is 4.74 Å². The molecular weight excluding hydrogens is 318 g/mol. The first-order valence-corrected chi connectivity index (χ1v) is 6.25. The summed E-state index contributed by atoms with van der Waals surface area (Å²) in [6, 6.07) is 3.13. The molecule has 0 aliphatic rings. The van der Waals surface area contributed by atoms with E-state index in [2.05, 4.69) is 20.9 Å². The van der Waals surface area contributed by atoms with E-state index in [4.69, 9.17) is 20.1 Å². The molecule has 4 N–H and O–H groups in total. The number of benzene rings is 1. The molecule has 106 valence electrons. The summed E-state index contributed by atoms with van der Waals surface area (Å²) in [5, 5.41) is 37.3. The first kappa shape index (κ1) is 15.9. The lowest BCUT2D eigenvalue weighted by Gasteiger charge is -2.22. The second-order valence-corrected chi connectivity index (χ2v) is 4.86. The summed E-state index contributed by atoms with van der Waals surface area (Å²) in [5.41, 5.74) is -1.03. The van der Waals surface area contributed by atoms with E-state index in [0.29, 0.717) is 15.8 Å². The quantitative estimate of drug-likeness (QED) is 0.561. The van der Waals surface area contributed by atoms with E-state index in [1.54, 1.807) is 12.1 Å². The highest BCUT2D eigenvalue weighted by Gasteiger charge is 2.26. The molecule has 0 aliphatic carbocycles. The molecule has 7 heteroatoms. The van der Waals surface area contributed by atoms with Crippen LogP contribution in [-0.4, -0.2) is 59.1 Å². The van der Waals surface area contributed by atoms with E-state index in [1.807, 2.05) is 0 Å². The van der Waals surface area contributed by atoms with Crippen LogP contribution in [0.25, 0.3) is 0 Å². The zero-order chi connectivity index (χ0) is 14.5. The second kappa shape index (κ2) is 6.85. The van der Waals surface area contributed by atoms with Crippen molar-refractivity contribution >= 4 is 22.1 Å². The van der Waals surface area contributed by atoms with Crippen LogP contribution in [0.15, 0.2) is 21.6 Å². The Morgan fingerprint density at radius 1 is 1.26 bits per heavy atom. The lowest BCUT2D eigenvalue weighted by Crippen LogP contribution is -2.39. The minimum absolute atomic E-state index is 0.0488. The second-order valence-electron chi connectivity index (χ2n) is 4.00. The van der Waals surface area contributed by atoms with Crippen LogP contribution in [0.5, 0.6) is 11.5 Å². The number of hydrogen-bond acceptors (Lipinski definition) is 6. The number of ether oxygens (including phenoxy) is 1. The Labute approximate surface area is 119 Å². The van der Waals surface area contributed by atoms with Crippen molar-refractivity contribution in [3.05, 3.63) is 22.2 Å². The van der Waals surface area contributed by atoms with Crippen LogP contribution in [-0.2, 0) is 0 Å². The lowest BCUT2D eigenvalue weighted by atomic mass is 10.0. The first-order valence-electron chi connectivity index (χ1n) is 5.46. The third-order valence-electron chi connectivity index (χ3n) is 2.66. The van der Waals surface area contributed by atoms with Crippen LogP contribution in [0.4, 0.5) is 0 Å².